The Morgan fingerprint density at radius 1 is 1.24 bits per heavy atom. The molecule has 0 saturated heterocycles. The van der Waals surface area contributed by atoms with Gasteiger partial charge < -0.3 is 5.32 Å². The molecule has 0 aliphatic heterocycles. The number of benzene rings is 1. The van der Waals surface area contributed by atoms with E-state index in [2.05, 4.69) is 42.5 Å². The lowest BCUT2D eigenvalue weighted by atomic mass is 9.89. The van der Waals surface area contributed by atoms with Gasteiger partial charge in [-0.3, -0.25) is 4.68 Å². The van der Waals surface area contributed by atoms with Crippen molar-refractivity contribution in [2.75, 3.05) is 0 Å². The van der Waals surface area contributed by atoms with E-state index in [4.69, 9.17) is 0 Å². The zero-order chi connectivity index (χ0) is 14.8. The first-order chi connectivity index (χ1) is 10.1. The van der Waals surface area contributed by atoms with E-state index in [1.54, 1.807) is 11.1 Å². The molecule has 0 bridgehead atoms. The van der Waals surface area contributed by atoms with Crippen molar-refractivity contribution in [2.45, 2.75) is 52.1 Å². The number of nitrogens with one attached hydrogen (secondary N) is 1. The maximum Gasteiger partial charge on any atom is 0.0537 e. The largest absolute Gasteiger partial charge is 0.306 e. The van der Waals surface area contributed by atoms with Crippen LogP contribution < -0.4 is 5.32 Å². The van der Waals surface area contributed by atoms with Crippen LogP contribution in [0.1, 0.15) is 53.8 Å². The second-order valence-corrected chi connectivity index (χ2v) is 6.22. The van der Waals surface area contributed by atoms with E-state index in [0.717, 1.165) is 6.54 Å². The van der Waals surface area contributed by atoms with Gasteiger partial charge in [0.05, 0.1) is 6.20 Å². The minimum absolute atomic E-state index is 0.372. The van der Waals surface area contributed by atoms with E-state index in [0.29, 0.717) is 6.04 Å². The molecule has 0 amide bonds. The minimum Gasteiger partial charge on any atom is -0.306 e. The van der Waals surface area contributed by atoms with Gasteiger partial charge in [0, 0.05) is 30.9 Å². The zero-order valence-electron chi connectivity index (χ0n) is 13.3. The Bertz CT molecular complexity index is 627. The number of rotatable bonds is 4. The van der Waals surface area contributed by atoms with Gasteiger partial charge >= 0.3 is 0 Å². The fraction of sp³-hybridized carbons (Fsp3) is 0.500. The second-order valence-electron chi connectivity index (χ2n) is 6.22. The van der Waals surface area contributed by atoms with Gasteiger partial charge in [0.2, 0.25) is 0 Å². The molecule has 1 aliphatic carbocycles. The highest BCUT2D eigenvalue weighted by Gasteiger charge is 2.13. The molecule has 1 aromatic heterocycles. The first kappa shape index (κ1) is 14.3. The number of hydrogen-bond donors (Lipinski definition) is 1. The van der Waals surface area contributed by atoms with Gasteiger partial charge in [-0.25, -0.2) is 0 Å². The smallest absolute Gasteiger partial charge is 0.0537 e. The highest BCUT2D eigenvalue weighted by molar-refractivity contribution is 5.35. The van der Waals surface area contributed by atoms with Crippen LogP contribution in [0.15, 0.2) is 24.4 Å². The summed E-state index contributed by atoms with van der Waals surface area (Å²) < 4.78 is 1.93. The predicted molar refractivity (Wildman–Crippen MR) is 86.3 cm³/mol. The van der Waals surface area contributed by atoms with Crippen molar-refractivity contribution in [1.82, 2.24) is 15.1 Å². The molecule has 0 fully saturated rings. The van der Waals surface area contributed by atoms with E-state index >= 15 is 0 Å². The lowest BCUT2D eigenvalue weighted by Gasteiger charge is -2.20. The number of aromatic nitrogens is 2. The lowest BCUT2D eigenvalue weighted by molar-refractivity contribution is 0.570. The van der Waals surface area contributed by atoms with E-state index in [1.807, 2.05) is 17.9 Å². The standard InChI is InChI=1S/C18H25N3/c1-13(19-11-18-12-20-21(3)14(18)2)16-9-8-15-6-4-5-7-17(15)10-16/h8-10,12-13,19H,4-7,11H2,1-3H3. The molecule has 1 N–H and O–H groups in total. The van der Waals surface area contributed by atoms with Crippen molar-refractivity contribution in [3.8, 4) is 0 Å². The van der Waals surface area contributed by atoms with Crippen molar-refractivity contribution in [2.24, 2.45) is 7.05 Å². The summed E-state index contributed by atoms with van der Waals surface area (Å²) in [6.07, 6.45) is 7.15. The fourth-order valence-electron chi connectivity index (χ4n) is 3.12. The van der Waals surface area contributed by atoms with Crippen LogP contribution in [-0.4, -0.2) is 9.78 Å². The lowest BCUT2D eigenvalue weighted by Crippen LogP contribution is -2.19. The first-order valence-electron chi connectivity index (χ1n) is 7.97. The maximum absolute atomic E-state index is 4.30. The van der Waals surface area contributed by atoms with Gasteiger partial charge in [-0.2, -0.15) is 5.10 Å². The summed E-state index contributed by atoms with van der Waals surface area (Å²) >= 11 is 0. The summed E-state index contributed by atoms with van der Waals surface area (Å²) in [5.41, 5.74) is 7.03. The molecule has 1 aliphatic rings. The average Bonchev–Trinajstić information content (AvgIpc) is 2.84. The third-order valence-electron chi connectivity index (χ3n) is 4.81. The Morgan fingerprint density at radius 2 is 2.00 bits per heavy atom. The molecular formula is C18H25N3. The Hall–Kier alpha value is -1.61. The molecular weight excluding hydrogens is 258 g/mol. The first-order valence-corrected chi connectivity index (χ1v) is 7.97. The van der Waals surface area contributed by atoms with Crippen LogP contribution in [-0.2, 0) is 26.4 Å². The quantitative estimate of drug-likeness (QED) is 0.931. The highest BCUT2D eigenvalue weighted by Crippen LogP contribution is 2.25. The molecule has 21 heavy (non-hydrogen) atoms. The maximum atomic E-state index is 4.30. The molecule has 1 heterocycles. The molecule has 2 aromatic rings. The molecule has 112 valence electrons. The van der Waals surface area contributed by atoms with Gasteiger partial charge in [-0.05, 0) is 56.2 Å². The molecule has 3 rings (SSSR count). The van der Waals surface area contributed by atoms with E-state index < -0.39 is 0 Å². The van der Waals surface area contributed by atoms with Crippen molar-refractivity contribution < 1.29 is 0 Å². The van der Waals surface area contributed by atoms with Crippen LogP contribution in [0.2, 0.25) is 0 Å². The predicted octanol–water partition coefficient (Wildman–Crippen LogP) is 3.46. The topological polar surface area (TPSA) is 29.9 Å². The van der Waals surface area contributed by atoms with E-state index in [9.17, 15) is 0 Å². The number of nitrogens with zero attached hydrogens (tertiary/aromatic N) is 2. The Kier molecular flexibility index (Phi) is 4.11. The fourth-order valence-corrected chi connectivity index (χ4v) is 3.12. The van der Waals surface area contributed by atoms with Crippen molar-refractivity contribution in [3.63, 3.8) is 0 Å². The van der Waals surface area contributed by atoms with Crippen LogP contribution in [0.25, 0.3) is 0 Å². The molecule has 0 radical (unpaired) electrons. The molecule has 3 nitrogen and oxygen atoms in total. The highest BCUT2D eigenvalue weighted by atomic mass is 15.3. The third-order valence-corrected chi connectivity index (χ3v) is 4.81. The van der Waals surface area contributed by atoms with Crippen LogP contribution >= 0.6 is 0 Å². The van der Waals surface area contributed by atoms with Gasteiger partial charge in [0.1, 0.15) is 0 Å². The van der Waals surface area contributed by atoms with Crippen molar-refractivity contribution in [3.05, 3.63) is 52.3 Å². The second kappa shape index (κ2) is 6.02. The molecule has 0 saturated carbocycles. The normalized spacial score (nSPS) is 15.8. The van der Waals surface area contributed by atoms with Gasteiger partial charge in [0.25, 0.3) is 0 Å². The summed E-state index contributed by atoms with van der Waals surface area (Å²) in [4.78, 5) is 0. The van der Waals surface area contributed by atoms with Gasteiger partial charge in [-0.15, -0.1) is 0 Å². The molecule has 1 atom stereocenters. The summed E-state index contributed by atoms with van der Waals surface area (Å²) in [7, 11) is 1.99. The van der Waals surface area contributed by atoms with Gasteiger partial charge in [-0.1, -0.05) is 18.2 Å². The summed E-state index contributed by atoms with van der Waals surface area (Å²) in [6, 6.07) is 7.40. The Morgan fingerprint density at radius 3 is 2.71 bits per heavy atom. The van der Waals surface area contributed by atoms with E-state index in [-0.39, 0.29) is 0 Å². The summed E-state index contributed by atoms with van der Waals surface area (Å²) in [5.74, 6) is 0. The van der Waals surface area contributed by atoms with Crippen LogP contribution in [0.4, 0.5) is 0 Å². The van der Waals surface area contributed by atoms with Crippen molar-refractivity contribution in [1.29, 1.82) is 0 Å². The average molecular weight is 283 g/mol. The summed E-state index contributed by atoms with van der Waals surface area (Å²) in [6.45, 7) is 5.24. The monoisotopic (exact) mass is 283 g/mol. The van der Waals surface area contributed by atoms with Gasteiger partial charge in [0.15, 0.2) is 0 Å². The molecule has 1 aromatic carbocycles. The van der Waals surface area contributed by atoms with Crippen LogP contribution in [0, 0.1) is 6.92 Å². The zero-order valence-corrected chi connectivity index (χ0v) is 13.3. The molecule has 0 spiro atoms. The van der Waals surface area contributed by atoms with E-state index in [1.165, 1.54) is 42.5 Å². The number of hydrogen-bond acceptors (Lipinski definition) is 2. The van der Waals surface area contributed by atoms with Crippen molar-refractivity contribution >= 4 is 0 Å². The number of fused-ring (bicyclic) bond motifs is 1. The van der Waals surface area contributed by atoms with Crippen LogP contribution in [0.5, 0.6) is 0 Å². The number of aryl methyl sites for hydroxylation is 3. The third kappa shape index (κ3) is 3.03. The molecule has 3 heteroatoms. The SMILES string of the molecule is Cc1c(CNC(C)c2ccc3c(c2)CCCC3)cnn1C. The Labute approximate surface area is 127 Å². The van der Waals surface area contributed by atoms with Crippen LogP contribution in [0.3, 0.4) is 0 Å². The minimum atomic E-state index is 0.372. The Balaban J connectivity index is 1.68. The molecule has 1 unspecified atom stereocenters. The summed E-state index contributed by atoms with van der Waals surface area (Å²) in [5, 5.41) is 7.92.